The summed E-state index contributed by atoms with van der Waals surface area (Å²) in [5, 5.41) is 4.85. The van der Waals surface area contributed by atoms with Crippen LogP contribution in [-0.4, -0.2) is 58.4 Å². The number of nitrogens with zero attached hydrogens (tertiary/aromatic N) is 4. The van der Waals surface area contributed by atoms with Gasteiger partial charge in [-0.1, -0.05) is 0 Å². The van der Waals surface area contributed by atoms with Gasteiger partial charge in [0.15, 0.2) is 0 Å². The summed E-state index contributed by atoms with van der Waals surface area (Å²) in [6.45, 7) is 1.15. The quantitative estimate of drug-likeness (QED) is 0.542. The van der Waals surface area contributed by atoms with Crippen LogP contribution >= 0.6 is 0 Å². The number of carbonyl (C=O) groups is 1. The van der Waals surface area contributed by atoms with Crippen molar-refractivity contribution in [2.75, 3.05) is 19.6 Å². The second kappa shape index (κ2) is 5.17. The van der Waals surface area contributed by atoms with E-state index >= 15 is 0 Å². The number of hydrogen-bond donors (Lipinski definition) is 3. The van der Waals surface area contributed by atoms with Crippen molar-refractivity contribution in [2.24, 2.45) is 11.5 Å². The number of hydroxylamine groups is 2. The number of fused-ring (bicyclic) bond motifs is 4. The third-order valence-corrected chi connectivity index (χ3v) is 4.14. The Morgan fingerprint density at radius 2 is 2.18 bits per heavy atom. The van der Waals surface area contributed by atoms with Gasteiger partial charge in [-0.2, -0.15) is 18.6 Å². The van der Waals surface area contributed by atoms with E-state index in [-0.39, 0.29) is 13.1 Å². The maximum Gasteiger partial charge on any atom is 0.418 e. The first-order chi connectivity index (χ1) is 10.4. The lowest BCUT2D eigenvalue weighted by molar-refractivity contribution is -0.0317. The van der Waals surface area contributed by atoms with Gasteiger partial charge in [0.1, 0.15) is 6.04 Å². The molecule has 1 saturated heterocycles. The summed E-state index contributed by atoms with van der Waals surface area (Å²) in [4.78, 5) is 13.7. The zero-order chi connectivity index (χ0) is 16.1. The highest BCUT2D eigenvalue weighted by Crippen LogP contribution is 2.43. The molecular weight excluding hydrogens is 316 g/mol. The molecule has 0 saturated carbocycles. The van der Waals surface area contributed by atoms with Gasteiger partial charge in [-0.15, -0.1) is 4.28 Å². The van der Waals surface area contributed by atoms with E-state index < -0.39 is 28.5 Å². The minimum Gasteiger partial charge on any atom is -0.329 e. The molecule has 2 bridgehead atoms. The molecule has 2 amide bonds. The fourth-order valence-corrected chi connectivity index (χ4v) is 3.36. The van der Waals surface area contributed by atoms with Crippen LogP contribution in [-0.2, 0) is 21.2 Å². The monoisotopic (exact) mass is 332 g/mol. The zero-order valence-corrected chi connectivity index (χ0v) is 12.3. The Morgan fingerprint density at radius 1 is 1.45 bits per heavy atom. The Hall–Kier alpha value is -1.73. The van der Waals surface area contributed by atoms with Crippen LogP contribution < -0.4 is 11.5 Å². The molecule has 0 spiro atoms. The summed E-state index contributed by atoms with van der Waals surface area (Å²) >= 11 is 0. The number of aromatic nitrogens is 2. The average Bonchev–Trinajstić information content (AvgIpc) is 2.96. The van der Waals surface area contributed by atoms with Gasteiger partial charge in [-0.25, -0.2) is 4.79 Å². The van der Waals surface area contributed by atoms with E-state index in [9.17, 15) is 13.2 Å². The number of hydrogen-bond acceptors (Lipinski definition) is 7. The van der Waals surface area contributed by atoms with Gasteiger partial charge in [0, 0.05) is 18.7 Å². The fourth-order valence-electron chi connectivity index (χ4n) is 2.99. The Labute approximate surface area is 126 Å². The van der Waals surface area contributed by atoms with Gasteiger partial charge in [-0.3, -0.25) is 9.23 Å². The Morgan fingerprint density at radius 3 is 2.77 bits per heavy atom. The maximum absolute atomic E-state index is 12.3. The van der Waals surface area contributed by atoms with Crippen LogP contribution in [0.15, 0.2) is 6.20 Å². The highest BCUT2D eigenvalue weighted by Gasteiger charge is 2.51. The molecule has 0 aromatic carbocycles. The van der Waals surface area contributed by atoms with Crippen molar-refractivity contribution in [2.45, 2.75) is 18.6 Å². The average molecular weight is 332 g/mol. The van der Waals surface area contributed by atoms with Gasteiger partial charge >= 0.3 is 16.4 Å². The summed E-state index contributed by atoms with van der Waals surface area (Å²) < 4.78 is 36.8. The molecule has 2 atom stereocenters. The van der Waals surface area contributed by atoms with Gasteiger partial charge in [0.2, 0.25) is 0 Å². The summed E-state index contributed by atoms with van der Waals surface area (Å²) in [6, 6.07) is -1.81. The van der Waals surface area contributed by atoms with E-state index in [4.69, 9.17) is 16.0 Å². The largest absolute Gasteiger partial charge is 0.418 e. The fraction of sp³-hybridized carbons (Fsp3) is 0.600. The van der Waals surface area contributed by atoms with Gasteiger partial charge in [0.25, 0.3) is 0 Å². The number of carbonyl (C=O) groups excluding carboxylic acids is 1. The lowest BCUT2D eigenvalue weighted by Crippen LogP contribution is -2.39. The number of amides is 2. The van der Waals surface area contributed by atoms with Crippen LogP contribution in [0.1, 0.15) is 23.3 Å². The van der Waals surface area contributed by atoms with Crippen molar-refractivity contribution in [3.8, 4) is 0 Å². The SMILES string of the molecule is NCCn1ncc2c1[C@@H](CN)N1C[C@H]2N(OS(=O)(=O)O)C1=O. The third kappa shape index (κ3) is 2.24. The first kappa shape index (κ1) is 15.2. The van der Waals surface area contributed by atoms with E-state index in [0.29, 0.717) is 29.4 Å². The molecular formula is C10H16N6O5S. The summed E-state index contributed by atoms with van der Waals surface area (Å²) in [5.74, 6) is 0. The molecule has 0 radical (unpaired) electrons. The van der Waals surface area contributed by atoms with Crippen LogP contribution in [0.25, 0.3) is 0 Å². The number of urea groups is 1. The van der Waals surface area contributed by atoms with Crippen LogP contribution in [0, 0.1) is 0 Å². The summed E-state index contributed by atoms with van der Waals surface area (Å²) in [6.07, 6.45) is 1.54. The van der Waals surface area contributed by atoms with Gasteiger partial charge in [-0.05, 0) is 0 Å². The van der Waals surface area contributed by atoms with Crippen molar-refractivity contribution in [1.82, 2.24) is 19.7 Å². The topological polar surface area (TPSA) is 157 Å². The first-order valence-electron chi connectivity index (χ1n) is 6.60. The predicted molar refractivity (Wildman–Crippen MR) is 72.4 cm³/mol. The molecule has 5 N–H and O–H groups in total. The van der Waals surface area contributed by atoms with E-state index in [2.05, 4.69) is 9.38 Å². The minimum absolute atomic E-state index is 0.140. The molecule has 122 valence electrons. The zero-order valence-electron chi connectivity index (χ0n) is 11.5. The Bertz CT molecular complexity index is 703. The van der Waals surface area contributed by atoms with Crippen LogP contribution in [0.2, 0.25) is 0 Å². The smallest absolute Gasteiger partial charge is 0.329 e. The van der Waals surface area contributed by atoms with Gasteiger partial charge in [0.05, 0.1) is 31.0 Å². The number of nitrogens with two attached hydrogens (primary N) is 2. The normalized spacial score (nSPS) is 24.0. The van der Waals surface area contributed by atoms with E-state index in [1.807, 2.05) is 0 Å². The lowest BCUT2D eigenvalue weighted by Gasteiger charge is -2.30. The van der Waals surface area contributed by atoms with Crippen molar-refractivity contribution in [3.63, 3.8) is 0 Å². The molecule has 1 aromatic rings. The molecule has 3 heterocycles. The highest BCUT2D eigenvalue weighted by atomic mass is 32.3. The predicted octanol–water partition coefficient (Wildman–Crippen LogP) is -1.63. The van der Waals surface area contributed by atoms with Crippen molar-refractivity contribution >= 4 is 16.4 Å². The van der Waals surface area contributed by atoms with Crippen molar-refractivity contribution in [3.05, 3.63) is 17.5 Å². The second-order valence-electron chi connectivity index (χ2n) is 5.03. The molecule has 0 unspecified atom stereocenters. The minimum atomic E-state index is -4.81. The van der Waals surface area contributed by atoms with E-state index in [0.717, 1.165) is 0 Å². The van der Waals surface area contributed by atoms with Crippen molar-refractivity contribution < 1.29 is 22.0 Å². The van der Waals surface area contributed by atoms with E-state index in [1.54, 1.807) is 4.68 Å². The molecule has 1 fully saturated rings. The van der Waals surface area contributed by atoms with Crippen LogP contribution in [0.5, 0.6) is 0 Å². The van der Waals surface area contributed by atoms with Crippen molar-refractivity contribution in [1.29, 1.82) is 0 Å². The summed E-state index contributed by atoms with van der Waals surface area (Å²) in [5.41, 5.74) is 12.7. The molecule has 0 aliphatic carbocycles. The molecule has 11 nitrogen and oxygen atoms in total. The highest BCUT2D eigenvalue weighted by molar-refractivity contribution is 7.80. The Balaban J connectivity index is 2.05. The molecule has 3 rings (SSSR count). The molecule has 1 aromatic heterocycles. The maximum atomic E-state index is 12.3. The Kier molecular flexibility index (Phi) is 3.57. The van der Waals surface area contributed by atoms with Gasteiger partial charge < -0.3 is 16.4 Å². The summed E-state index contributed by atoms with van der Waals surface area (Å²) in [7, 11) is -4.81. The molecule has 12 heteroatoms. The third-order valence-electron chi connectivity index (χ3n) is 3.79. The second-order valence-corrected chi connectivity index (χ2v) is 6.03. The standard InChI is InChI=1S/C10H16N6O5S/c11-1-2-15-9-6(4-13-15)8-5-14(7(9)3-12)10(17)16(8)21-22(18,19)20/h4,7-8H,1-3,5,11-12H2,(H,18,19,20)/t7-,8-/m1/s1. The van der Waals surface area contributed by atoms with Crippen LogP contribution in [0.3, 0.4) is 0 Å². The molecule has 2 aliphatic rings. The first-order valence-corrected chi connectivity index (χ1v) is 7.96. The molecule has 2 aliphatic heterocycles. The van der Waals surface area contributed by atoms with E-state index in [1.165, 1.54) is 11.1 Å². The number of rotatable bonds is 5. The lowest BCUT2D eigenvalue weighted by atomic mass is 9.98. The van der Waals surface area contributed by atoms with Crippen LogP contribution in [0.4, 0.5) is 4.79 Å². The molecule has 22 heavy (non-hydrogen) atoms.